The molecule has 2 heterocycles. The van der Waals surface area contributed by atoms with Crippen LogP contribution in [-0.4, -0.2) is 17.4 Å². The van der Waals surface area contributed by atoms with Gasteiger partial charge in [0.15, 0.2) is 0 Å². The van der Waals surface area contributed by atoms with Gasteiger partial charge in [0.25, 0.3) is 0 Å². The maximum Gasteiger partial charge on any atom is 0.245 e. The molecule has 0 radical (unpaired) electrons. The van der Waals surface area contributed by atoms with Crippen molar-refractivity contribution in [2.45, 2.75) is 24.9 Å². The van der Waals surface area contributed by atoms with E-state index in [1.165, 1.54) is 11.3 Å². The number of nitrogens with two attached hydrogens (primary N) is 1. The molecule has 1 aromatic carbocycles. The van der Waals surface area contributed by atoms with E-state index in [2.05, 4.69) is 0 Å². The third-order valence-electron chi connectivity index (χ3n) is 3.92. The number of nitrogens with zero attached hydrogens (tertiary/aromatic N) is 1. The number of amides is 1. The van der Waals surface area contributed by atoms with E-state index in [9.17, 15) is 4.79 Å². The summed E-state index contributed by atoms with van der Waals surface area (Å²) in [5, 5.41) is 2.66. The molecule has 3 rings (SSSR count). The molecule has 21 heavy (non-hydrogen) atoms. The van der Waals surface area contributed by atoms with E-state index >= 15 is 0 Å². The second-order valence-electron chi connectivity index (χ2n) is 5.20. The Morgan fingerprint density at radius 3 is 2.86 bits per heavy atom. The van der Waals surface area contributed by atoms with Crippen LogP contribution in [0.3, 0.4) is 0 Å². The molecule has 2 aromatic rings. The van der Waals surface area contributed by atoms with Gasteiger partial charge >= 0.3 is 0 Å². The molecule has 2 unspecified atom stereocenters. The number of carbonyl (C=O) groups is 1. The monoisotopic (exact) mass is 320 g/mol. The van der Waals surface area contributed by atoms with Crippen LogP contribution in [0.4, 0.5) is 0 Å². The van der Waals surface area contributed by atoms with Crippen LogP contribution in [0.25, 0.3) is 0 Å². The Morgan fingerprint density at radius 1 is 1.33 bits per heavy atom. The van der Waals surface area contributed by atoms with Gasteiger partial charge in [-0.15, -0.1) is 11.3 Å². The molecule has 1 saturated heterocycles. The molecule has 0 bridgehead atoms. The van der Waals surface area contributed by atoms with Crippen molar-refractivity contribution in [3.8, 4) is 0 Å². The molecule has 1 aromatic heterocycles. The van der Waals surface area contributed by atoms with Crippen LogP contribution in [0.2, 0.25) is 5.02 Å². The summed E-state index contributed by atoms with van der Waals surface area (Å²) < 4.78 is 0. The van der Waals surface area contributed by atoms with Crippen molar-refractivity contribution in [3.05, 3.63) is 57.2 Å². The molecule has 1 aliphatic heterocycles. The van der Waals surface area contributed by atoms with Crippen LogP contribution < -0.4 is 5.73 Å². The zero-order chi connectivity index (χ0) is 14.8. The number of hydrogen-bond acceptors (Lipinski definition) is 3. The lowest BCUT2D eigenvalue weighted by Gasteiger charge is -2.28. The third-order valence-corrected chi connectivity index (χ3v) is 5.22. The van der Waals surface area contributed by atoms with Crippen molar-refractivity contribution in [3.63, 3.8) is 0 Å². The number of thiophene rings is 1. The van der Waals surface area contributed by atoms with Crippen LogP contribution >= 0.6 is 22.9 Å². The quantitative estimate of drug-likeness (QED) is 0.935. The van der Waals surface area contributed by atoms with Crippen molar-refractivity contribution < 1.29 is 4.79 Å². The maximum absolute atomic E-state index is 12.7. The summed E-state index contributed by atoms with van der Waals surface area (Å²) in [7, 11) is 0. The average molecular weight is 321 g/mol. The number of carbonyl (C=O) groups excluding carboxylic acids is 1. The smallest absolute Gasteiger partial charge is 0.245 e. The first-order chi connectivity index (χ1) is 10.2. The lowest BCUT2D eigenvalue weighted by Crippen LogP contribution is -2.37. The average Bonchev–Trinajstić information content (AvgIpc) is 3.17. The zero-order valence-electron chi connectivity index (χ0n) is 11.5. The fraction of sp³-hybridized carbons (Fsp3) is 0.312. The molecule has 0 aliphatic carbocycles. The fourth-order valence-electron chi connectivity index (χ4n) is 2.87. The molecule has 1 fully saturated rings. The predicted octanol–water partition coefficient (Wildman–Crippen LogP) is 3.77. The van der Waals surface area contributed by atoms with Crippen LogP contribution in [0.5, 0.6) is 0 Å². The number of likely N-dealkylation sites (tertiary alicyclic amines) is 1. The number of rotatable bonds is 3. The van der Waals surface area contributed by atoms with Crippen molar-refractivity contribution in [1.29, 1.82) is 0 Å². The van der Waals surface area contributed by atoms with Gasteiger partial charge < -0.3 is 10.6 Å². The van der Waals surface area contributed by atoms with E-state index in [4.69, 9.17) is 17.3 Å². The van der Waals surface area contributed by atoms with Crippen LogP contribution in [0.15, 0.2) is 41.8 Å². The minimum absolute atomic E-state index is 0.0140. The highest BCUT2D eigenvalue weighted by molar-refractivity contribution is 7.10. The Balaban J connectivity index is 1.84. The van der Waals surface area contributed by atoms with Gasteiger partial charge in [0.05, 0.1) is 6.04 Å². The molecule has 0 saturated carbocycles. The molecule has 2 N–H and O–H groups in total. The normalized spacial score (nSPS) is 19.7. The van der Waals surface area contributed by atoms with Gasteiger partial charge in [-0.05, 0) is 35.9 Å². The standard InChI is InChI=1S/C16H17ClN2OS/c17-12-6-2-1-5-11(12)13-7-3-9-19(13)16(20)15(18)14-8-4-10-21-14/h1-2,4-6,8,10,13,15H,3,7,9,18H2. The highest BCUT2D eigenvalue weighted by Crippen LogP contribution is 2.37. The minimum Gasteiger partial charge on any atom is -0.334 e. The van der Waals surface area contributed by atoms with E-state index in [-0.39, 0.29) is 11.9 Å². The SMILES string of the molecule is NC(C(=O)N1CCCC1c1ccccc1Cl)c1cccs1. The van der Waals surface area contributed by atoms with Gasteiger partial charge in [0.1, 0.15) is 6.04 Å². The highest BCUT2D eigenvalue weighted by atomic mass is 35.5. The molecule has 0 spiro atoms. The summed E-state index contributed by atoms with van der Waals surface area (Å²) in [5.74, 6) is -0.0140. The van der Waals surface area contributed by atoms with Gasteiger partial charge in [-0.3, -0.25) is 4.79 Å². The summed E-state index contributed by atoms with van der Waals surface area (Å²) >= 11 is 7.81. The topological polar surface area (TPSA) is 46.3 Å². The number of hydrogen-bond donors (Lipinski definition) is 1. The van der Waals surface area contributed by atoms with Gasteiger partial charge in [-0.2, -0.15) is 0 Å². The second-order valence-corrected chi connectivity index (χ2v) is 6.59. The zero-order valence-corrected chi connectivity index (χ0v) is 13.1. The molecular weight excluding hydrogens is 304 g/mol. The highest BCUT2D eigenvalue weighted by Gasteiger charge is 2.34. The summed E-state index contributed by atoms with van der Waals surface area (Å²) in [5.41, 5.74) is 7.14. The Hall–Kier alpha value is -1.36. The van der Waals surface area contributed by atoms with E-state index in [1.54, 1.807) is 0 Å². The van der Waals surface area contributed by atoms with Crippen LogP contribution in [-0.2, 0) is 4.79 Å². The summed E-state index contributed by atoms with van der Waals surface area (Å²) in [6.45, 7) is 0.744. The van der Waals surface area contributed by atoms with Gasteiger partial charge in [0, 0.05) is 16.4 Å². The Kier molecular flexibility index (Phi) is 4.29. The summed E-state index contributed by atoms with van der Waals surface area (Å²) in [6, 6.07) is 11.0. The van der Waals surface area contributed by atoms with Gasteiger partial charge in [-0.1, -0.05) is 35.9 Å². The van der Waals surface area contributed by atoms with Crippen molar-refractivity contribution >= 4 is 28.8 Å². The molecule has 2 atom stereocenters. The first-order valence-electron chi connectivity index (χ1n) is 7.02. The lowest BCUT2D eigenvalue weighted by molar-refractivity contribution is -0.133. The van der Waals surface area contributed by atoms with Crippen molar-refractivity contribution in [2.75, 3.05) is 6.54 Å². The number of halogens is 1. The summed E-state index contributed by atoms with van der Waals surface area (Å²) in [6.07, 6.45) is 1.92. The molecule has 3 nitrogen and oxygen atoms in total. The number of benzene rings is 1. The van der Waals surface area contributed by atoms with E-state index in [0.29, 0.717) is 5.02 Å². The molecule has 1 amide bonds. The predicted molar refractivity (Wildman–Crippen MR) is 86.4 cm³/mol. The molecule has 5 heteroatoms. The van der Waals surface area contributed by atoms with E-state index in [1.807, 2.05) is 46.7 Å². The Bertz CT molecular complexity index is 629. The summed E-state index contributed by atoms with van der Waals surface area (Å²) in [4.78, 5) is 15.5. The Morgan fingerprint density at radius 2 is 2.14 bits per heavy atom. The van der Waals surface area contributed by atoms with E-state index in [0.717, 1.165) is 29.8 Å². The lowest BCUT2D eigenvalue weighted by atomic mass is 10.0. The Labute approximate surface area is 133 Å². The van der Waals surface area contributed by atoms with Crippen molar-refractivity contribution in [1.82, 2.24) is 4.90 Å². The third kappa shape index (κ3) is 2.84. The van der Waals surface area contributed by atoms with Gasteiger partial charge in [0.2, 0.25) is 5.91 Å². The van der Waals surface area contributed by atoms with Crippen molar-refractivity contribution in [2.24, 2.45) is 5.73 Å². The molecule has 1 aliphatic rings. The second kappa shape index (κ2) is 6.18. The molecular formula is C16H17ClN2OS. The first kappa shape index (κ1) is 14.6. The van der Waals surface area contributed by atoms with Crippen LogP contribution in [0.1, 0.15) is 35.4 Å². The fourth-order valence-corrected chi connectivity index (χ4v) is 3.85. The van der Waals surface area contributed by atoms with Crippen LogP contribution in [0, 0.1) is 0 Å². The maximum atomic E-state index is 12.7. The van der Waals surface area contributed by atoms with Gasteiger partial charge in [-0.25, -0.2) is 0 Å². The first-order valence-corrected chi connectivity index (χ1v) is 8.28. The molecule has 110 valence electrons. The minimum atomic E-state index is -0.576. The van der Waals surface area contributed by atoms with E-state index < -0.39 is 6.04 Å². The largest absolute Gasteiger partial charge is 0.334 e.